The summed E-state index contributed by atoms with van der Waals surface area (Å²) < 4.78 is 18.4. The van der Waals surface area contributed by atoms with E-state index in [1.165, 1.54) is 18.2 Å². The summed E-state index contributed by atoms with van der Waals surface area (Å²) in [5.41, 5.74) is 0.860. The minimum atomic E-state index is -0.925. The second-order valence-electron chi connectivity index (χ2n) is 4.31. The molecule has 2 rings (SSSR count). The number of ether oxygens (including phenoxy) is 1. The molecule has 1 aromatic carbocycles. The number of hydrogen-bond donors (Lipinski definition) is 1. The summed E-state index contributed by atoms with van der Waals surface area (Å²) in [6.07, 6.45) is -0.498. The molecule has 1 aromatic rings. The zero-order valence-electron chi connectivity index (χ0n) is 10.2. The molecule has 5 nitrogen and oxygen atoms in total. The van der Waals surface area contributed by atoms with Crippen molar-refractivity contribution in [2.24, 2.45) is 0 Å². The van der Waals surface area contributed by atoms with Gasteiger partial charge in [0, 0.05) is 13.1 Å². The van der Waals surface area contributed by atoms with Crippen LogP contribution in [0.5, 0.6) is 0 Å². The van der Waals surface area contributed by atoms with Gasteiger partial charge in [0.1, 0.15) is 11.9 Å². The number of nitrogens with zero attached hydrogens (tertiary/aromatic N) is 2. The highest BCUT2D eigenvalue weighted by Gasteiger charge is 2.24. The van der Waals surface area contributed by atoms with Gasteiger partial charge in [-0.25, -0.2) is 4.39 Å². The zero-order chi connectivity index (χ0) is 13.8. The zero-order valence-corrected chi connectivity index (χ0v) is 10.2. The molecule has 6 heteroatoms. The molecule has 19 heavy (non-hydrogen) atoms. The van der Waals surface area contributed by atoms with E-state index in [-0.39, 0.29) is 12.0 Å². The number of carboxylic acid groups (broad SMARTS) is 1. The third-order valence-electron chi connectivity index (χ3n) is 2.96. The van der Waals surface area contributed by atoms with Crippen LogP contribution in [0.1, 0.15) is 12.0 Å². The van der Waals surface area contributed by atoms with Crippen molar-refractivity contribution in [1.29, 1.82) is 5.26 Å². The fourth-order valence-corrected chi connectivity index (χ4v) is 2.13. The number of hydrogen-bond acceptors (Lipinski definition) is 4. The summed E-state index contributed by atoms with van der Waals surface area (Å²) in [6, 6.07) is 5.96. The molecular weight excluding hydrogens is 251 g/mol. The normalized spacial score (nSPS) is 18.9. The second kappa shape index (κ2) is 5.67. The number of halogens is 1. The van der Waals surface area contributed by atoms with Crippen LogP contribution in [0.2, 0.25) is 0 Å². The number of nitriles is 1. The lowest BCUT2D eigenvalue weighted by molar-refractivity contribution is -0.140. The number of aliphatic carboxylic acids is 1. The van der Waals surface area contributed by atoms with Crippen LogP contribution < -0.4 is 4.90 Å². The Labute approximate surface area is 109 Å². The molecule has 1 aliphatic rings. The molecule has 0 saturated carbocycles. The summed E-state index contributed by atoms with van der Waals surface area (Å²) in [5, 5.41) is 17.8. The Bertz CT molecular complexity index is 527. The highest BCUT2D eigenvalue weighted by Crippen LogP contribution is 2.23. The van der Waals surface area contributed by atoms with Crippen molar-refractivity contribution in [3.05, 3.63) is 29.6 Å². The molecule has 100 valence electrons. The van der Waals surface area contributed by atoms with Gasteiger partial charge in [-0.1, -0.05) is 0 Å². The molecule has 1 unspecified atom stereocenters. The van der Waals surface area contributed by atoms with Crippen LogP contribution in [0.15, 0.2) is 18.2 Å². The van der Waals surface area contributed by atoms with E-state index in [4.69, 9.17) is 15.1 Å². The Balaban J connectivity index is 2.17. The van der Waals surface area contributed by atoms with Crippen LogP contribution in [0, 0.1) is 17.1 Å². The maximum atomic E-state index is 13.1. The van der Waals surface area contributed by atoms with Crippen molar-refractivity contribution in [2.75, 3.05) is 24.6 Å². The first-order valence-corrected chi connectivity index (χ1v) is 5.88. The van der Waals surface area contributed by atoms with Crippen LogP contribution in [-0.2, 0) is 9.53 Å². The molecule has 1 aliphatic heterocycles. The Morgan fingerprint density at radius 3 is 3.11 bits per heavy atom. The number of anilines is 1. The van der Waals surface area contributed by atoms with Crippen LogP contribution >= 0.6 is 0 Å². The lowest BCUT2D eigenvalue weighted by Crippen LogP contribution is -2.43. The molecule has 1 atom stereocenters. The first-order chi connectivity index (χ1) is 9.10. The van der Waals surface area contributed by atoms with Crippen molar-refractivity contribution in [2.45, 2.75) is 12.5 Å². The van der Waals surface area contributed by atoms with Crippen LogP contribution in [0.3, 0.4) is 0 Å². The third-order valence-corrected chi connectivity index (χ3v) is 2.96. The fourth-order valence-electron chi connectivity index (χ4n) is 2.13. The van der Waals surface area contributed by atoms with Gasteiger partial charge in [0.2, 0.25) is 0 Å². The molecule has 0 aromatic heterocycles. The molecule has 1 fully saturated rings. The van der Waals surface area contributed by atoms with E-state index >= 15 is 0 Å². The molecule has 0 bridgehead atoms. The van der Waals surface area contributed by atoms with Gasteiger partial charge in [0.15, 0.2) is 0 Å². The summed E-state index contributed by atoms with van der Waals surface area (Å²) in [4.78, 5) is 12.5. The van der Waals surface area contributed by atoms with E-state index in [1.54, 1.807) is 0 Å². The smallest absolute Gasteiger partial charge is 0.306 e. The van der Waals surface area contributed by atoms with Crippen molar-refractivity contribution >= 4 is 11.7 Å². The number of morpholine rings is 1. The Kier molecular flexibility index (Phi) is 3.97. The molecule has 0 radical (unpaired) electrons. The first kappa shape index (κ1) is 13.3. The van der Waals surface area contributed by atoms with Gasteiger partial charge < -0.3 is 14.7 Å². The fraction of sp³-hybridized carbons (Fsp3) is 0.385. The topological polar surface area (TPSA) is 73.6 Å². The van der Waals surface area contributed by atoms with Crippen molar-refractivity contribution < 1.29 is 19.0 Å². The lowest BCUT2D eigenvalue weighted by atomic mass is 10.1. The van der Waals surface area contributed by atoms with Gasteiger partial charge >= 0.3 is 5.97 Å². The number of carboxylic acids is 1. The average Bonchev–Trinajstić information content (AvgIpc) is 2.38. The van der Waals surface area contributed by atoms with Crippen molar-refractivity contribution in [1.82, 2.24) is 0 Å². The van der Waals surface area contributed by atoms with E-state index in [0.29, 0.717) is 25.4 Å². The van der Waals surface area contributed by atoms with Gasteiger partial charge in [-0.05, 0) is 18.2 Å². The molecule has 1 N–H and O–H groups in total. The highest BCUT2D eigenvalue weighted by molar-refractivity contribution is 5.67. The first-order valence-electron chi connectivity index (χ1n) is 5.88. The SMILES string of the molecule is N#Cc1cc(F)ccc1N1CCOC(CC(=O)O)C1. The monoisotopic (exact) mass is 264 g/mol. The van der Waals surface area contributed by atoms with Crippen LogP contribution in [-0.4, -0.2) is 36.9 Å². The number of benzene rings is 1. The summed E-state index contributed by atoms with van der Waals surface area (Å²) in [7, 11) is 0. The minimum absolute atomic E-state index is 0.0837. The van der Waals surface area contributed by atoms with E-state index < -0.39 is 17.9 Å². The quantitative estimate of drug-likeness (QED) is 0.892. The summed E-state index contributed by atoms with van der Waals surface area (Å²) in [5.74, 6) is -1.39. The Hall–Kier alpha value is -2.13. The van der Waals surface area contributed by atoms with Crippen LogP contribution in [0.25, 0.3) is 0 Å². The van der Waals surface area contributed by atoms with Gasteiger partial charge in [0.05, 0.1) is 30.4 Å². The number of rotatable bonds is 3. The van der Waals surface area contributed by atoms with E-state index in [2.05, 4.69) is 0 Å². The Morgan fingerprint density at radius 2 is 2.42 bits per heavy atom. The standard InChI is InChI=1S/C13H13FN2O3/c14-10-1-2-12(9(5-10)7-15)16-3-4-19-11(8-16)6-13(17)18/h1-2,5,11H,3-4,6,8H2,(H,17,18). The van der Waals surface area contributed by atoms with E-state index in [9.17, 15) is 9.18 Å². The number of carbonyl (C=O) groups is 1. The van der Waals surface area contributed by atoms with E-state index in [0.717, 1.165) is 0 Å². The van der Waals surface area contributed by atoms with Crippen LogP contribution in [0.4, 0.5) is 10.1 Å². The second-order valence-corrected chi connectivity index (χ2v) is 4.31. The van der Waals surface area contributed by atoms with Gasteiger partial charge in [0.25, 0.3) is 0 Å². The predicted octanol–water partition coefficient (Wildman–Crippen LogP) is 1.38. The maximum Gasteiger partial charge on any atom is 0.306 e. The summed E-state index contributed by atoms with van der Waals surface area (Å²) in [6.45, 7) is 1.32. The molecule has 1 heterocycles. The van der Waals surface area contributed by atoms with Gasteiger partial charge in [-0.15, -0.1) is 0 Å². The minimum Gasteiger partial charge on any atom is -0.481 e. The predicted molar refractivity (Wildman–Crippen MR) is 65.3 cm³/mol. The largest absolute Gasteiger partial charge is 0.481 e. The third kappa shape index (κ3) is 3.20. The van der Waals surface area contributed by atoms with Gasteiger partial charge in [-0.2, -0.15) is 5.26 Å². The Morgan fingerprint density at radius 1 is 1.63 bits per heavy atom. The van der Waals surface area contributed by atoms with Gasteiger partial charge in [-0.3, -0.25) is 4.79 Å². The highest BCUT2D eigenvalue weighted by atomic mass is 19.1. The van der Waals surface area contributed by atoms with Crippen molar-refractivity contribution in [3.8, 4) is 6.07 Å². The lowest BCUT2D eigenvalue weighted by Gasteiger charge is -2.34. The molecule has 1 saturated heterocycles. The molecule has 0 amide bonds. The van der Waals surface area contributed by atoms with Crippen molar-refractivity contribution in [3.63, 3.8) is 0 Å². The average molecular weight is 264 g/mol. The molecular formula is C13H13FN2O3. The maximum absolute atomic E-state index is 13.1. The summed E-state index contributed by atoms with van der Waals surface area (Å²) >= 11 is 0. The molecule has 0 spiro atoms. The van der Waals surface area contributed by atoms with E-state index in [1.807, 2.05) is 11.0 Å². The molecule has 0 aliphatic carbocycles.